The highest BCUT2D eigenvalue weighted by Gasteiger charge is 2.17. The van der Waals surface area contributed by atoms with E-state index in [0.717, 1.165) is 45.9 Å². The van der Waals surface area contributed by atoms with E-state index in [2.05, 4.69) is 70.3 Å². The summed E-state index contributed by atoms with van der Waals surface area (Å²) in [5.74, 6) is 1.86. The number of aryl methyl sites for hydroxylation is 3. The molecule has 5 rings (SSSR count). The summed E-state index contributed by atoms with van der Waals surface area (Å²) in [6.07, 6.45) is 2.44. The first-order valence-electron chi connectivity index (χ1n) is 10.1. The SMILES string of the molecule is Cc1ccc(-c2c(C)sc3ncnc(NCCc4nc5ccccc5[nH]4)c23)cc1C. The van der Waals surface area contributed by atoms with E-state index in [1.54, 1.807) is 17.7 Å². The molecule has 3 heterocycles. The molecule has 0 atom stereocenters. The van der Waals surface area contributed by atoms with E-state index in [9.17, 15) is 0 Å². The number of para-hydroxylation sites is 2. The lowest BCUT2D eigenvalue weighted by Crippen LogP contribution is -2.08. The van der Waals surface area contributed by atoms with E-state index in [1.807, 2.05) is 18.2 Å². The number of thiophene rings is 1. The number of nitrogens with zero attached hydrogens (tertiary/aromatic N) is 3. The van der Waals surface area contributed by atoms with Crippen molar-refractivity contribution in [3.8, 4) is 11.1 Å². The van der Waals surface area contributed by atoms with Crippen molar-refractivity contribution in [3.63, 3.8) is 0 Å². The number of imidazole rings is 1. The van der Waals surface area contributed by atoms with E-state index in [-0.39, 0.29) is 0 Å². The van der Waals surface area contributed by atoms with Crippen LogP contribution in [0.25, 0.3) is 32.4 Å². The predicted octanol–water partition coefficient (Wildman–Crippen LogP) is 5.81. The van der Waals surface area contributed by atoms with Crippen LogP contribution in [0.2, 0.25) is 0 Å². The van der Waals surface area contributed by atoms with Gasteiger partial charge in [-0.1, -0.05) is 30.3 Å². The molecule has 0 saturated heterocycles. The number of anilines is 1. The minimum atomic E-state index is 0.743. The van der Waals surface area contributed by atoms with E-state index < -0.39 is 0 Å². The smallest absolute Gasteiger partial charge is 0.138 e. The second kappa shape index (κ2) is 7.54. The van der Waals surface area contributed by atoms with Crippen LogP contribution in [0.3, 0.4) is 0 Å². The topological polar surface area (TPSA) is 66.5 Å². The molecule has 2 N–H and O–H groups in total. The van der Waals surface area contributed by atoms with Crippen LogP contribution in [-0.2, 0) is 6.42 Å². The molecule has 0 aliphatic carbocycles. The van der Waals surface area contributed by atoms with Crippen molar-refractivity contribution < 1.29 is 0 Å². The Balaban J connectivity index is 1.46. The molecular formula is C24H23N5S. The highest BCUT2D eigenvalue weighted by Crippen LogP contribution is 2.40. The van der Waals surface area contributed by atoms with Gasteiger partial charge < -0.3 is 10.3 Å². The fourth-order valence-corrected chi connectivity index (χ4v) is 4.86. The molecule has 0 aliphatic rings. The van der Waals surface area contributed by atoms with Crippen LogP contribution in [0, 0.1) is 20.8 Å². The zero-order valence-corrected chi connectivity index (χ0v) is 18.1. The molecule has 150 valence electrons. The van der Waals surface area contributed by atoms with Crippen molar-refractivity contribution in [2.75, 3.05) is 11.9 Å². The van der Waals surface area contributed by atoms with Crippen LogP contribution in [0.5, 0.6) is 0 Å². The van der Waals surface area contributed by atoms with Crippen molar-refractivity contribution in [2.45, 2.75) is 27.2 Å². The first kappa shape index (κ1) is 18.8. The van der Waals surface area contributed by atoms with E-state index in [0.29, 0.717) is 0 Å². The van der Waals surface area contributed by atoms with E-state index >= 15 is 0 Å². The van der Waals surface area contributed by atoms with Gasteiger partial charge in [-0.3, -0.25) is 0 Å². The maximum Gasteiger partial charge on any atom is 0.138 e. The minimum Gasteiger partial charge on any atom is -0.369 e. The molecule has 5 nitrogen and oxygen atoms in total. The molecule has 0 spiro atoms. The van der Waals surface area contributed by atoms with E-state index in [1.165, 1.54) is 27.1 Å². The number of rotatable bonds is 5. The number of aromatic amines is 1. The average molecular weight is 414 g/mol. The van der Waals surface area contributed by atoms with Gasteiger partial charge in [0.05, 0.1) is 16.4 Å². The number of fused-ring (bicyclic) bond motifs is 2. The Bertz CT molecular complexity index is 1330. The Labute approximate surface area is 179 Å². The number of aromatic nitrogens is 4. The maximum atomic E-state index is 4.67. The lowest BCUT2D eigenvalue weighted by molar-refractivity contribution is 0.929. The number of nitrogens with one attached hydrogen (secondary N) is 2. The second-order valence-corrected chi connectivity index (χ2v) is 8.82. The Morgan fingerprint density at radius 1 is 1.00 bits per heavy atom. The summed E-state index contributed by atoms with van der Waals surface area (Å²) >= 11 is 1.72. The first-order chi connectivity index (χ1) is 14.6. The number of H-pyrrole nitrogens is 1. The molecule has 0 aliphatic heterocycles. The van der Waals surface area contributed by atoms with Crippen LogP contribution >= 0.6 is 11.3 Å². The van der Waals surface area contributed by atoms with Gasteiger partial charge in [-0.15, -0.1) is 11.3 Å². The molecule has 0 fully saturated rings. The lowest BCUT2D eigenvalue weighted by Gasteiger charge is -2.10. The molecule has 0 unspecified atom stereocenters. The summed E-state index contributed by atoms with van der Waals surface area (Å²) in [5.41, 5.74) is 7.12. The standard InChI is InChI=1S/C24H23N5S/c1-14-8-9-17(12-15(14)2)21-16(3)30-24-22(21)23(26-13-27-24)25-11-10-20-28-18-6-4-5-7-19(18)29-20/h4-9,12-13H,10-11H2,1-3H3,(H,28,29)(H,25,26,27). The van der Waals surface area contributed by atoms with Crippen molar-refractivity contribution >= 4 is 38.4 Å². The van der Waals surface area contributed by atoms with Gasteiger partial charge in [0.2, 0.25) is 0 Å². The summed E-state index contributed by atoms with van der Waals surface area (Å²) in [6.45, 7) is 7.21. The molecular weight excluding hydrogens is 390 g/mol. The van der Waals surface area contributed by atoms with E-state index in [4.69, 9.17) is 0 Å². The first-order valence-corrected chi connectivity index (χ1v) is 10.9. The molecule has 6 heteroatoms. The Morgan fingerprint density at radius 3 is 2.70 bits per heavy atom. The summed E-state index contributed by atoms with van der Waals surface area (Å²) in [7, 11) is 0. The minimum absolute atomic E-state index is 0.743. The Kier molecular flexibility index (Phi) is 4.71. The van der Waals surface area contributed by atoms with Gasteiger partial charge in [0.15, 0.2) is 0 Å². The number of benzene rings is 2. The molecule has 2 aromatic carbocycles. The number of hydrogen-bond donors (Lipinski definition) is 2. The predicted molar refractivity (Wildman–Crippen MR) is 125 cm³/mol. The third-order valence-electron chi connectivity index (χ3n) is 5.55. The summed E-state index contributed by atoms with van der Waals surface area (Å²) in [6, 6.07) is 14.8. The van der Waals surface area contributed by atoms with Crippen molar-refractivity contribution in [2.24, 2.45) is 0 Å². The van der Waals surface area contributed by atoms with Crippen LogP contribution < -0.4 is 5.32 Å². The van der Waals surface area contributed by atoms with Crippen molar-refractivity contribution in [3.05, 3.63) is 70.6 Å². The molecule has 0 bridgehead atoms. The zero-order chi connectivity index (χ0) is 20.7. The molecule has 0 saturated carbocycles. The molecule has 0 radical (unpaired) electrons. The molecule has 3 aromatic heterocycles. The highest BCUT2D eigenvalue weighted by molar-refractivity contribution is 7.19. The molecule has 0 amide bonds. The zero-order valence-electron chi connectivity index (χ0n) is 17.3. The van der Waals surface area contributed by atoms with Crippen LogP contribution in [-0.4, -0.2) is 26.5 Å². The molecule has 30 heavy (non-hydrogen) atoms. The number of hydrogen-bond acceptors (Lipinski definition) is 5. The van der Waals surface area contributed by atoms with Gasteiger partial charge in [0.25, 0.3) is 0 Å². The quantitative estimate of drug-likeness (QED) is 0.381. The fourth-order valence-electron chi connectivity index (χ4n) is 3.85. The summed E-state index contributed by atoms with van der Waals surface area (Å²) in [4.78, 5) is 19.4. The summed E-state index contributed by atoms with van der Waals surface area (Å²) < 4.78 is 0. The second-order valence-electron chi connectivity index (χ2n) is 7.61. The van der Waals surface area contributed by atoms with Crippen LogP contribution in [0.4, 0.5) is 5.82 Å². The Morgan fingerprint density at radius 2 is 1.87 bits per heavy atom. The largest absolute Gasteiger partial charge is 0.369 e. The van der Waals surface area contributed by atoms with Crippen LogP contribution in [0.1, 0.15) is 21.8 Å². The average Bonchev–Trinajstić information content (AvgIpc) is 3.30. The van der Waals surface area contributed by atoms with Crippen molar-refractivity contribution in [1.82, 2.24) is 19.9 Å². The fraction of sp³-hybridized carbons (Fsp3) is 0.208. The third kappa shape index (κ3) is 3.33. The third-order valence-corrected chi connectivity index (χ3v) is 6.57. The van der Waals surface area contributed by atoms with Gasteiger partial charge in [-0.25, -0.2) is 15.0 Å². The van der Waals surface area contributed by atoms with Crippen molar-refractivity contribution in [1.29, 1.82) is 0 Å². The van der Waals surface area contributed by atoms with Crippen LogP contribution in [0.15, 0.2) is 48.8 Å². The normalized spacial score (nSPS) is 11.4. The van der Waals surface area contributed by atoms with Gasteiger partial charge in [0, 0.05) is 23.4 Å². The van der Waals surface area contributed by atoms with Gasteiger partial charge in [0.1, 0.15) is 22.8 Å². The maximum absolute atomic E-state index is 4.67. The summed E-state index contributed by atoms with van der Waals surface area (Å²) in [5, 5.41) is 4.63. The lowest BCUT2D eigenvalue weighted by atomic mass is 9.99. The van der Waals surface area contributed by atoms with Gasteiger partial charge in [-0.05, 0) is 49.6 Å². The Hall–Kier alpha value is -3.25. The highest BCUT2D eigenvalue weighted by atomic mass is 32.1. The van der Waals surface area contributed by atoms with Gasteiger partial charge >= 0.3 is 0 Å². The monoisotopic (exact) mass is 413 g/mol. The van der Waals surface area contributed by atoms with Gasteiger partial charge in [-0.2, -0.15) is 0 Å². The molecule has 5 aromatic rings.